The first-order valence-electron chi connectivity index (χ1n) is 8.79. The summed E-state index contributed by atoms with van der Waals surface area (Å²) in [5.41, 5.74) is 0.642. The van der Waals surface area contributed by atoms with Crippen molar-refractivity contribution in [1.82, 2.24) is 4.90 Å². The van der Waals surface area contributed by atoms with Gasteiger partial charge in [0.05, 0.1) is 11.6 Å². The Morgan fingerprint density at radius 3 is 2.31 bits per heavy atom. The normalized spacial score (nSPS) is 18.3. The SMILES string of the molecule is O=C([O-])CCCN1C(=O)C(=O)C(=C(O)c2ccc(Br)cc2)[C@@H]1c1ccc(F)cc1. The molecule has 3 rings (SSSR count). The molecule has 1 aliphatic rings. The average Bonchev–Trinajstić information content (AvgIpc) is 2.93. The average molecular weight is 461 g/mol. The van der Waals surface area contributed by atoms with Crippen LogP contribution in [-0.4, -0.2) is 34.2 Å². The van der Waals surface area contributed by atoms with E-state index in [1.807, 2.05) is 0 Å². The summed E-state index contributed by atoms with van der Waals surface area (Å²) < 4.78 is 14.2. The zero-order chi connectivity index (χ0) is 21.1. The highest BCUT2D eigenvalue weighted by molar-refractivity contribution is 9.10. The molecule has 8 heteroatoms. The van der Waals surface area contributed by atoms with E-state index < -0.39 is 29.5 Å². The number of carboxylic acid groups (broad SMARTS) is 1. The van der Waals surface area contributed by atoms with Crippen molar-refractivity contribution in [3.8, 4) is 0 Å². The molecule has 1 aliphatic heterocycles. The van der Waals surface area contributed by atoms with Gasteiger partial charge in [0, 0.05) is 22.6 Å². The topological polar surface area (TPSA) is 97.7 Å². The molecule has 1 amide bonds. The van der Waals surface area contributed by atoms with E-state index in [-0.39, 0.29) is 30.7 Å². The van der Waals surface area contributed by atoms with Gasteiger partial charge in [0.25, 0.3) is 11.7 Å². The van der Waals surface area contributed by atoms with Crippen molar-refractivity contribution in [3.63, 3.8) is 0 Å². The molecule has 6 nitrogen and oxygen atoms in total. The number of likely N-dealkylation sites (tertiary alicyclic amines) is 1. The van der Waals surface area contributed by atoms with Gasteiger partial charge in [0.15, 0.2) is 0 Å². The van der Waals surface area contributed by atoms with E-state index >= 15 is 0 Å². The number of Topliss-reactive ketones (excluding diaryl/α,β-unsaturated/α-hetero) is 1. The number of hydrogen-bond acceptors (Lipinski definition) is 5. The van der Waals surface area contributed by atoms with Crippen LogP contribution in [0, 0.1) is 5.82 Å². The molecule has 1 fully saturated rings. The summed E-state index contributed by atoms with van der Waals surface area (Å²) in [6.07, 6.45) is -0.211. The van der Waals surface area contributed by atoms with Crippen molar-refractivity contribution < 1.29 is 29.0 Å². The monoisotopic (exact) mass is 460 g/mol. The molecule has 0 saturated carbocycles. The van der Waals surface area contributed by atoms with Crippen molar-refractivity contribution in [2.45, 2.75) is 18.9 Å². The number of carboxylic acids is 1. The van der Waals surface area contributed by atoms with Crippen LogP contribution in [0.3, 0.4) is 0 Å². The summed E-state index contributed by atoms with van der Waals surface area (Å²) in [5, 5.41) is 21.5. The number of halogens is 2. The number of nitrogens with zero attached hydrogens (tertiary/aromatic N) is 1. The maximum atomic E-state index is 13.4. The zero-order valence-electron chi connectivity index (χ0n) is 15.1. The smallest absolute Gasteiger partial charge is 0.295 e. The molecule has 150 valence electrons. The van der Waals surface area contributed by atoms with Gasteiger partial charge in [-0.2, -0.15) is 0 Å². The van der Waals surface area contributed by atoms with Crippen molar-refractivity contribution in [1.29, 1.82) is 0 Å². The summed E-state index contributed by atoms with van der Waals surface area (Å²) >= 11 is 3.29. The molecule has 0 radical (unpaired) electrons. The van der Waals surface area contributed by atoms with Gasteiger partial charge in [-0.1, -0.05) is 40.2 Å². The van der Waals surface area contributed by atoms with E-state index in [2.05, 4.69) is 15.9 Å². The van der Waals surface area contributed by atoms with E-state index in [9.17, 15) is 29.0 Å². The molecule has 0 aromatic heterocycles. The first-order chi connectivity index (χ1) is 13.8. The van der Waals surface area contributed by atoms with Crippen LogP contribution >= 0.6 is 15.9 Å². The summed E-state index contributed by atoms with van der Waals surface area (Å²) in [4.78, 5) is 37.3. The summed E-state index contributed by atoms with van der Waals surface area (Å²) in [6.45, 7) is -0.0300. The number of aliphatic hydroxyl groups is 1. The van der Waals surface area contributed by atoms with Crippen molar-refractivity contribution in [2.75, 3.05) is 6.54 Å². The Balaban J connectivity index is 2.08. The van der Waals surface area contributed by atoms with Crippen molar-refractivity contribution in [3.05, 3.63) is 75.5 Å². The van der Waals surface area contributed by atoms with Gasteiger partial charge in [-0.25, -0.2) is 4.39 Å². The number of rotatable bonds is 6. The van der Waals surface area contributed by atoms with Gasteiger partial charge in [-0.3, -0.25) is 9.59 Å². The fourth-order valence-corrected chi connectivity index (χ4v) is 3.52. The Morgan fingerprint density at radius 2 is 1.72 bits per heavy atom. The maximum Gasteiger partial charge on any atom is 0.295 e. The van der Waals surface area contributed by atoms with Crippen LogP contribution in [0.1, 0.15) is 30.0 Å². The van der Waals surface area contributed by atoms with Crippen LogP contribution in [0.2, 0.25) is 0 Å². The third-order valence-electron chi connectivity index (χ3n) is 4.62. The Hall–Kier alpha value is -3.00. The lowest BCUT2D eigenvalue weighted by molar-refractivity contribution is -0.305. The number of ketones is 1. The molecule has 1 atom stereocenters. The Bertz CT molecular complexity index is 985. The molecular formula is C21H16BrFNO5-. The van der Waals surface area contributed by atoms with E-state index in [1.165, 1.54) is 29.2 Å². The summed E-state index contributed by atoms with van der Waals surface area (Å²) in [6, 6.07) is 10.8. The number of aliphatic hydroxyl groups excluding tert-OH is 1. The van der Waals surface area contributed by atoms with E-state index in [1.54, 1.807) is 24.3 Å². The summed E-state index contributed by atoms with van der Waals surface area (Å²) in [5.74, 6) is -3.84. The predicted molar refractivity (Wildman–Crippen MR) is 104 cm³/mol. The minimum Gasteiger partial charge on any atom is -0.550 e. The maximum absolute atomic E-state index is 13.4. The predicted octanol–water partition coefficient (Wildman–Crippen LogP) is 2.54. The van der Waals surface area contributed by atoms with Crippen LogP contribution in [-0.2, 0) is 14.4 Å². The van der Waals surface area contributed by atoms with Crippen LogP contribution < -0.4 is 5.11 Å². The molecule has 0 spiro atoms. The van der Waals surface area contributed by atoms with Gasteiger partial charge in [0.2, 0.25) is 0 Å². The lowest BCUT2D eigenvalue weighted by Gasteiger charge is -2.25. The van der Waals surface area contributed by atoms with Crippen LogP contribution in [0.5, 0.6) is 0 Å². The van der Waals surface area contributed by atoms with Crippen LogP contribution in [0.4, 0.5) is 4.39 Å². The second kappa shape index (κ2) is 8.57. The fraction of sp³-hybridized carbons (Fsp3) is 0.190. The highest BCUT2D eigenvalue weighted by Gasteiger charge is 2.45. The van der Waals surface area contributed by atoms with Crippen LogP contribution in [0.15, 0.2) is 58.6 Å². The highest BCUT2D eigenvalue weighted by Crippen LogP contribution is 2.39. The number of hydrogen-bond donors (Lipinski definition) is 1. The Kier molecular flexibility index (Phi) is 6.12. The van der Waals surface area contributed by atoms with Crippen molar-refractivity contribution in [2.24, 2.45) is 0 Å². The zero-order valence-corrected chi connectivity index (χ0v) is 16.7. The van der Waals surface area contributed by atoms with E-state index in [4.69, 9.17) is 0 Å². The highest BCUT2D eigenvalue weighted by atomic mass is 79.9. The third-order valence-corrected chi connectivity index (χ3v) is 5.15. The van der Waals surface area contributed by atoms with Gasteiger partial charge < -0.3 is 19.9 Å². The molecule has 1 heterocycles. The number of benzene rings is 2. The Morgan fingerprint density at radius 1 is 1.10 bits per heavy atom. The number of carbonyl (C=O) groups excluding carboxylic acids is 3. The molecule has 0 bridgehead atoms. The van der Waals surface area contributed by atoms with Crippen molar-refractivity contribution >= 4 is 39.3 Å². The molecule has 0 unspecified atom stereocenters. The molecule has 0 aliphatic carbocycles. The quantitative estimate of drug-likeness (QED) is 0.405. The standard InChI is InChI=1S/C21H17BrFNO5/c22-14-7-3-13(4-8-14)19(27)17-18(12-5-9-15(23)10-6-12)24(21(29)20(17)28)11-1-2-16(25)26/h3-10,18,27H,1-2,11H2,(H,25,26)/p-1/t18-/m0/s1. The van der Waals surface area contributed by atoms with Crippen LogP contribution in [0.25, 0.3) is 5.76 Å². The minimum absolute atomic E-state index is 0.0300. The molecular weight excluding hydrogens is 445 g/mol. The van der Waals surface area contributed by atoms with E-state index in [0.717, 1.165) is 4.47 Å². The van der Waals surface area contributed by atoms with Gasteiger partial charge >= 0.3 is 0 Å². The number of aliphatic carboxylic acids is 1. The fourth-order valence-electron chi connectivity index (χ4n) is 3.26. The molecule has 29 heavy (non-hydrogen) atoms. The first kappa shape index (κ1) is 20.7. The Labute approximate surface area is 174 Å². The van der Waals surface area contributed by atoms with Gasteiger partial charge in [-0.15, -0.1) is 0 Å². The molecule has 2 aromatic rings. The lowest BCUT2D eigenvalue weighted by atomic mass is 9.95. The number of carbonyl (C=O) groups is 3. The largest absolute Gasteiger partial charge is 0.550 e. The first-order valence-corrected chi connectivity index (χ1v) is 9.58. The van der Waals surface area contributed by atoms with Gasteiger partial charge in [-0.05, 0) is 42.7 Å². The van der Waals surface area contributed by atoms with E-state index in [0.29, 0.717) is 11.1 Å². The second-order valence-electron chi connectivity index (χ2n) is 6.53. The lowest BCUT2D eigenvalue weighted by Crippen LogP contribution is -2.32. The minimum atomic E-state index is -1.27. The second-order valence-corrected chi connectivity index (χ2v) is 7.44. The van der Waals surface area contributed by atoms with Gasteiger partial charge in [0.1, 0.15) is 11.6 Å². The number of amides is 1. The molecule has 1 saturated heterocycles. The third kappa shape index (κ3) is 4.37. The molecule has 1 N–H and O–H groups in total. The summed E-state index contributed by atoms with van der Waals surface area (Å²) in [7, 11) is 0. The molecule has 2 aromatic carbocycles.